The summed E-state index contributed by atoms with van der Waals surface area (Å²) in [5.74, 6) is 0.898. The fourth-order valence-corrected chi connectivity index (χ4v) is 3.23. The van der Waals surface area contributed by atoms with Crippen molar-refractivity contribution >= 4 is 17.9 Å². The first kappa shape index (κ1) is 17.4. The largest absolute Gasteiger partial charge is 0.292 e. The van der Waals surface area contributed by atoms with E-state index in [1.807, 2.05) is 25.1 Å². The molecule has 0 aliphatic heterocycles. The molecule has 0 saturated heterocycles. The first-order valence-electron chi connectivity index (χ1n) is 8.47. The standard InChI is InChI=1S/C19H26N2O2/c1-15(17-9-5-3-6-10-17)16(2)20-21(14-22)13-19(23)18-11-7-4-8-12-18/h4,7-8,11-12,14-15,17H,3,5-6,9-10,13H2,1-2H3/b20-16-. The molecular weight excluding hydrogens is 288 g/mol. The molecule has 4 nitrogen and oxygen atoms in total. The molecule has 1 aliphatic rings. The number of nitrogens with zero attached hydrogens (tertiary/aromatic N) is 2. The van der Waals surface area contributed by atoms with Crippen molar-refractivity contribution in [3.8, 4) is 0 Å². The average Bonchev–Trinajstić information content (AvgIpc) is 2.61. The van der Waals surface area contributed by atoms with Gasteiger partial charge in [0.15, 0.2) is 5.78 Å². The van der Waals surface area contributed by atoms with Crippen LogP contribution in [0.3, 0.4) is 0 Å². The molecule has 0 spiro atoms. The molecule has 1 amide bonds. The van der Waals surface area contributed by atoms with Gasteiger partial charge in [0.2, 0.25) is 6.41 Å². The van der Waals surface area contributed by atoms with E-state index in [0.29, 0.717) is 23.8 Å². The Balaban J connectivity index is 1.99. The molecule has 1 atom stereocenters. The highest BCUT2D eigenvalue weighted by molar-refractivity contribution is 5.98. The lowest BCUT2D eigenvalue weighted by molar-refractivity contribution is -0.117. The topological polar surface area (TPSA) is 49.7 Å². The minimum Gasteiger partial charge on any atom is -0.292 e. The number of carbonyl (C=O) groups excluding carboxylic acids is 2. The lowest BCUT2D eigenvalue weighted by atomic mass is 9.79. The number of carbonyl (C=O) groups is 2. The van der Waals surface area contributed by atoms with Gasteiger partial charge in [-0.1, -0.05) is 56.5 Å². The maximum absolute atomic E-state index is 12.2. The number of rotatable bonds is 7. The molecule has 1 unspecified atom stereocenters. The number of hydrazone groups is 1. The smallest absolute Gasteiger partial charge is 0.230 e. The maximum Gasteiger partial charge on any atom is 0.230 e. The Bertz CT molecular complexity index is 548. The zero-order chi connectivity index (χ0) is 16.7. The molecular formula is C19H26N2O2. The molecule has 0 bridgehead atoms. The highest BCUT2D eigenvalue weighted by Gasteiger charge is 2.22. The van der Waals surface area contributed by atoms with E-state index in [0.717, 1.165) is 5.71 Å². The summed E-state index contributed by atoms with van der Waals surface area (Å²) in [5, 5.41) is 5.62. The van der Waals surface area contributed by atoms with Crippen LogP contribution in [0.2, 0.25) is 0 Å². The van der Waals surface area contributed by atoms with E-state index in [-0.39, 0.29) is 12.3 Å². The van der Waals surface area contributed by atoms with Gasteiger partial charge in [-0.2, -0.15) is 5.10 Å². The van der Waals surface area contributed by atoms with E-state index in [2.05, 4.69) is 12.0 Å². The zero-order valence-electron chi connectivity index (χ0n) is 14.1. The van der Waals surface area contributed by atoms with Gasteiger partial charge >= 0.3 is 0 Å². The molecule has 0 radical (unpaired) electrons. The Morgan fingerprint density at radius 3 is 2.52 bits per heavy atom. The third-order valence-electron chi connectivity index (χ3n) is 4.83. The van der Waals surface area contributed by atoms with Crippen LogP contribution in [0.1, 0.15) is 56.3 Å². The Morgan fingerprint density at radius 2 is 1.91 bits per heavy atom. The average molecular weight is 314 g/mol. The van der Waals surface area contributed by atoms with Crippen LogP contribution in [0.4, 0.5) is 0 Å². The predicted molar refractivity (Wildman–Crippen MR) is 92.4 cm³/mol. The van der Waals surface area contributed by atoms with E-state index < -0.39 is 0 Å². The van der Waals surface area contributed by atoms with Gasteiger partial charge in [-0.15, -0.1) is 0 Å². The SMILES string of the molecule is C/C(=N/N(C=O)CC(=O)c1ccccc1)C(C)C1CCCCC1. The van der Waals surface area contributed by atoms with Crippen molar-refractivity contribution in [3.05, 3.63) is 35.9 Å². The third-order valence-corrected chi connectivity index (χ3v) is 4.83. The van der Waals surface area contributed by atoms with Gasteiger partial charge in [0, 0.05) is 11.3 Å². The number of hydrogen-bond acceptors (Lipinski definition) is 3. The van der Waals surface area contributed by atoms with Crippen LogP contribution < -0.4 is 0 Å². The molecule has 4 heteroatoms. The fraction of sp³-hybridized carbons (Fsp3) is 0.526. The van der Waals surface area contributed by atoms with Crippen molar-refractivity contribution < 1.29 is 9.59 Å². The maximum atomic E-state index is 12.2. The summed E-state index contributed by atoms with van der Waals surface area (Å²) in [6, 6.07) is 9.01. The van der Waals surface area contributed by atoms with Crippen molar-refractivity contribution in [1.82, 2.24) is 5.01 Å². The van der Waals surface area contributed by atoms with E-state index in [4.69, 9.17) is 0 Å². The molecule has 0 aromatic heterocycles. The molecule has 1 aliphatic carbocycles. The number of amides is 1. The van der Waals surface area contributed by atoms with Gasteiger partial charge in [0.1, 0.15) is 6.54 Å². The minimum atomic E-state index is -0.0976. The quantitative estimate of drug-likeness (QED) is 0.331. The zero-order valence-corrected chi connectivity index (χ0v) is 14.1. The second-order valence-corrected chi connectivity index (χ2v) is 6.42. The van der Waals surface area contributed by atoms with E-state index in [1.165, 1.54) is 37.1 Å². The van der Waals surface area contributed by atoms with Crippen LogP contribution in [-0.2, 0) is 4.79 Å². The van der Waals surface area contributed by atoms with Crippen LogP contribution in [0.25, 0.3) is 0 Å². The molecule has 1 saturated carbocycles. The fourth-order valence-electron chi connectivity index (χ4n) is 3.23. The highest BCUT2D eigenvalue weighted by Crippen LogP contribution is 2.30. The van der Waals surface area contributed by atoms with Gasteiger partial charge in [-0.05, 0) is 31.6 Å². The summed E-state index contributed by atoms with van der Waals surface area (Å²) in [7, 11) is 0. The lowest BCUT2D eigenvalue weighted by Gasteiger charge is -2.28. The Hall–Kier alpha value is -1.97. The first-order chi connectivity index (χ1) is 11.1. The molecule has 0 N–H and O–H groups in total. The summed E-state index contributed by atoms with van der Waals surface area (Å²) < 4.78 is 0. The molecule has 2 rings (SSSR count). The Labute approximate surface area is 138 Å². The molecule has 0 heterocycles. The molecule has 23 heavy (non-hydrogen) atoms. The van der Waals surface area contributed by atoms with Crippen molar-refractivity contribution in [2.45, 2.75) is 46.0 Å². The number of Topliss-reactive ketones (excluding diaryl/α,β-unsaturated/α-hetero) is 1. The van der Waals surface area contributed by atoms with Crippen LogP contribution in [0, 0.1) is 11.8 Å². The van der Waals surface area contributed by atoms with Gasteiger partial charge in [-0.3, -0.25) is 9.59 Å². The minimum absolute atomic E-state index is 0.0117. The summed E-state index contributed by atoms with van der Waals surface area (Å²) >= 11 is 0. The summed E-state index contributed by atoms with van der Waals surface area (Å²) in [6.45, 7) is 4.13. The van der Waals surface area contributed by atoms with Crippen LogP contribution in [0.5, 0.6) is 0 Å². The van der Waals surface area contributed by atoms with Crippen molar-refractivity contribution in [2.24, 2.45) is 16.9 Å². The Kier molecular flexibility index (Phi) is 6.51. The number of hydrogen-bond donors (Lipinski definition) is 0. The van der Waals surface area contributed by atoms with E-state index in [9.17, 15) is 9.59 Å². The monoisotopic (exact) mass is 314 g/mol. The second kappa shape index (κ2) is 8.61. The van der Waals surface area contributed by atoms with Crippen LogP contribution in [-0.4, -0.2) is 29.5 Å². The Morgan fingerprint density at radius 1 is 1.26 bits per heavy atom. The normalized spacial score (nSPS) is 17.6. The van der Waals surface area contributed by atoms with Gasteiger partial charge in [-0.25, -0.2) is 5.01 Å². The first-order valence-corrected chi connectivity index (χ1v) is 8.47. The van der Waals surface area contributed by atoms with E-state index in [1.54, 1.807) is 12.1 Å². The number of ketones is 1. The van der Waals surface area contributed by atoms with Gasteiger partial charge in [0.05, 0.1) is 0 Å². The third kappa shape index (κ3) is 5.02. The second-order valence-electron chi connectivity index (χ2n) is 6.42. The van der Waals surface area contributed by atoms with Crippen molar-refractivity contribution in [2.75, 3.05) is 6.54 Å². The molecule has 1 aromatic carbocycles. The number of benzene rings is 1. The summed E-state index contributed by atoms with van der Waals surface area (Å²) in [5.41, 5.74) is 1.54. The van der Waals surface area contributed by atoms with E-state index >= 15 is 0 Å². The van der Waals surface area contributed by atoms with Crippen LogP contribution >= 0.6 is 0 Å². The van der Waals surface area contributed by atoms with Gasteiger partial charge < -0.3 is 0 Å². The predicted octanol–water partition coefficient (Wildman–Crippen LogP) is 3.92. The summed E-state index contributed by atoms with van der Waals surface area (Å²) in [4.78, 5) is 23.5. The van der Waals surface area contributed by atoms with Crippen LogP contribution in [0.15, 0.2) is 35.4 Å². The molecule has 124 valence electrons. The van der Waals surface area contributed by atoms with Gasteiger partial charge in [0.25, 0.3) is 0 Å². The highest BCUT2D eigenvalue weighted by atomic mass is 16.2. The lowest BCUT2D eigenvalue weighted by Crippen LogP contribution is -2.28. The summed E-state index contributed by atoms with van der Waals surface area (Å²) in [6.07, 6.45) is 7.00. The van der Waals surface area contributed by atoms with Crippen molar-refractivity contribution in [1.29, 1.82) is 0 Å². The molecule has 1 fully saturated rings. The molecule has 1 aromatic rings. The van der Waals surface area contributed by atoms with Crippen molar-refractivity contribution in [3.63, 3.8) is 0 Å².